The molecular weight excluding hydrogens is 376 g/mol. The van der Waals surface area contributed by atoms with Gasteiger partial charge in [0.1, 0.15) is 12.4 Å². The van der Waals surface area contributed by atoms with Gasteiger partial charge in [-0.15, -0.1) is 0 Å². The van der Waals surface area contributed by atoms with Crippen molar-refractivity contribution < 1.29 is 9.53 Å². The largest absolute Gasteiger partial charge is 0.492 e. The zero-order valence-corrected chi connectivity index (χ0v) is 16.8. The van der Waals surface area contributed by atoms with E-state index in [-0.39, 0.29) is 5.91 Å². The summed E-state index contributed by atoms with van der Waals surface area (Å²) in [6, 6.07) is 13.8. The van der Waals surface area contributed by atoms with Crippen LogP contribution < -0.4 is 15.4 Å². The Hall–Kier alpha value is -3.30. The number of hydrogen-bond acceptors (Lipinski definition) is 5. The van der Waals surface area contributed by atoms with Crippen molar-refractivity contribution in [3.63, 3.8) is 0 Å². The van der Waals surface area contributed by atoms with Crippen LogP contribution in [0.1, 0.15) is 35.1 Å². The topological polar surface area (TPSA) is 77.4 Å². The van der Waals surface area contributed by atoms with Gasteiger partial charge in [-0.3, -0.25) is 9.69 Å². The van der Waals surface area contributed by atoms with E-state index in [4.69, 9.17) is 4.74 Å². The zero-order valence-electron chi connectivity index (χ0n) is 16.8. The van der Waals surface area contributed by atoms with Crippen molar-refractivity contribution in [3.05, 3.63) is 65.2 Å². The monoisotopic (exact) mass is 400 g/mol. The van der Waals surface area contributed by atoms with Crippen LogP contribution in [0, 0.1) is 11.3 Å². The van der Waals surface area contributed by atoms with E-state index in [9.17, 15) is 10.1 Å². The number of hydrogen-bond donors (Lipinski definition) is 2. The standard InChI is InChI=1S/C24H24N4O2/c1-16-20-4-3-19(13-18(20)15-26-16)30-11-10-28-8-6-24(7-9-28)21-12-17(14-25)2-5-22(21)27-23(24)29/h2-5,12-13,26H,1,6-11,15H2,(H,27,29). The summed E-state index contributed by atoms with van der Waals surface area (Å²) in [5.41, 5.74) is 5.29. The predicted octanol–water partition coefficient (Wildman–Crippen LogP) is 3.00. The van der Waals surface area contributed by atoms with Crippen LogP contribution in [0.2, 0.25) is 0 Å². The first-order valence-corrected chi connectivity index (χ1v) is 10.4. The average molecular weight is 400 g/mol. The van der Waals surface area contributed by atoms with E-state index in [2.05, 4.69) is 40.3 Å². The number of piperidine rings is 1. The van der Waals surface area contributed by atoms with Gasteiger partial charge >= 0.3 is 0 Å². The van der Waals surface area contributed by atoms with Gasteiger partial charge in [0.15, 0.2) is 0 Å². The van der Waals surface area contributed by atoms with Crippen LogP contribution in [0.5, 0.6) is 5.75 Å². The maximum Gasteiger partial charge on any atom is 0.235 e. The second-order valence-corrected chi connectivity index (χ2v) is 8.25. The van der Waals surface area contributed by atoms with Crippen molar-refractivity contribution in [2.24, 2.45) is 0 Å². The molecule has 2 N–H and O–H groups in total. The minimum absolute atomic E-state index is 0.0665. The third-order valence-corrected chi connectivity index (χ3v) is 6.63. The Labute approximate surface area is 176 Å². The number of likely N-dealkylation sites (tertiary alicyclic amines) is 1. The molecule has 0 unspecified atom stereocenters. The normalized spacial score (nSPS) is 19.0. The fourth-order valence-electron chi connectivity index (χ4n) is 4.83. The minimum Gasteiger partial charge on any atom is -0.492 e. The summed E-state index contributed by atoms with van der Waals surface area (Å²) in [6.45, 7) is 7.91. The number of nitrogens with zero attached hydrogens (tertiary/aromatic N) is 2. The lowest BCUT2D eigenvalue weighted by Gasteiger charge is -2.38. The molecule has 2 aromatic carbocycles. The number of benzene rings is 2. The van der Waals surface area contributed by atoms with Crippen LogP contribution in [0.4, 0.5) is 5.69 Å². The number of fused-ring (bicyclic) bond motifs is 3. The van der Waals surface area contributed by atoms with E-state index < -0.39 is 5.41 Å². The fourth-order valence-corrected chi connectivity index (χ4v) is 4.83. The Bertz CT molecular complexity index is 1080. The number of rotatable bonds is 4. The van der Waals surface area contributed by atoms with Gasteiger partial charge in [-0.1, -0.05) is 6.58 Å². The van der Waals surface area contributed by atoms with Gasteiger partial charge in [-0.05, 0) is 73.5 Å². The van der Waals surface area contributed by atoms with E-state index in [0.717, 1.165) is 61.7 Å². The van der Waals surface area contributed by atoms with Crippen molar-refractivity contribution in [1.29, 1.82) is 5.26 Å². The lowest BCUT2D eigenvalue weighted by Crippen LogP contribution is -2.47. The van der Waals surface area contributed by atoms with Gasteiger partial charge in [0.2, 0.25) is 5.91 Å². The Morgan fingerprint density at radius 1 is 1.20 bits per heavy atom. The predicted molar refractivity (Wildman–Crippen MR) is 115 cm³/mol. The molecule has 0 radical (unpaired) electrons. The molecule has 0 saturated carbocycles. The fraction of sp³-hybridized carbons (Fsp3) is 0.333. The minimum atomic E-state index is -0.505. The summed E-state index contributed by atoms with van der Waals surface area (Å²) in [6.07, 6.45) is 1.51. The van der Waals surface area contributed by atoms with Crippen LogP contribution in [0.25, 0.3) is 5.70 Å². The van der Waals surface area contributed by atoms with Crippen LogP contribution in [-0.2, 0) is 16.8 Å². The van der Waals surface area contributed by atoms with Crippen molar-refractivity contribution in [3.8, 4) is 11.8 Å². The third kappa shape index (κ3) is 3.03. The van der Waals surface area contributed by atoms with Gasteiger partial charge in [0.05, 0.1) is 17.0 Å². The second-order valence-electron chi connectivity index (χ2n) is 8.25. The maximum absolute atomic E-state index is 12.8. The zero-order chi connectivity index (χ0) is 20.7. The molecule has 30 heavy (non-hydrogen) atoms. The Morgan fingerprint density at radius 2 is 2.03 bits per heavy atom. The molecule has 0 bridgehead atoms. The van der Waals surface area contributed by atoms with Crippen LogP contribution in [0.15, 0.2) is 43.0 Å². The molecular formula is C24H24N4O2. The number of carbonyl (C=O) groups excluding carboxylic acids is 1. The molecule has 0 aliphatic carbocycles. The molecule has 1 fully saturated rings. The SMILES string of the molecule is C=C1NCc2cc(OCCN3CCC4(CC3)C(=O)Nc3ccc(C#N)cc34)ccc21. The molecule has 1 amide bonds. The third-order valence-electron chi connectivity index (χ3n) is 6.63. The highest BCUT2D eigenvalue weighted by molar-refractivity contribution is 6.06. The van der Waals surface area contributed by atoms with Gasteiger partial charge in [-0.2, -0.15) is 5.26 Å². The number of amides is 1. The highest BCUT2D eigenvalue weighted by atomic mass is 16.5. The summed E-state index contributed by atoms with van der Waals surface area (Å²) in [5.74, 6) is 0.948. The van der Waals surface area contributed by atoms with Crippen LogP contribution in [0.3, 0.4) is 0 Å². The first-order valence-electron chi connectivity index (χ1n) is 10.4. The van der Waals surface area contributed by atoms with Gasteiger partial charge < -0.3 is 15.4 Å². The first kappa shape index (κ1) is 18.7. The molecule has 0 aromatic heterocycles. The van der Waals surface area contributed by atoms with Crippen molar-refractivity contribution in [1.82, 2.24) is 10.2 Å². The van der Waals surface area contributed by atoms with Gasteiger partial charge in [0.25, 0.3) is 0 Å². The van der Waals surface area contributed by atoms with Crippen LogP contribution >= 0.6 is 0 Å². The number of nitriles is 1. The molecule has 5 rings (SSSR count). The number of ether oxygens (including phenoxy) is 1. The Morgan fingerprint density at radius 3 is 2.83 bits per heavy atom. The molecule has 2 aromatic rings. The quantitative estimate of drug-likeness (QED) is 0.825. The number of carbonyl (C=O) groups is 1. The van der Waals surface area contributed by atoms with E-state index in [1.54, 1.807) is 6.07 Å². The van der Waals surface area contributed by atoms with Gasteiger partial charge in [0, 0.05) is 30.0 Å². The first-order chi connectivity index (χ1) is 14.6. The van der Waals surface area contributed by atoms with Crippen LogP contribution in [-0.4, -0.2) is 37.0 Å². The summed E-state index contributed by atoms with van der Waals surface area (Å²) in [7, 11) is 0. The Kier molecular flexibility index (Phi) is 4.48. The van der Waals surface area contributed by atoms with Crippen molar-refractivity contribution in [2.45, 2.75) is 24.8 Å². The lowest BCUT2D eigenvalue weighted by molar-refractivity contribution is -0.122. The summed E-state index contributed by atoms with van der Waals surface area (Å²) in [4.78, 5) is 15.1. The lowest BCUT2D eigenvalue weighted by atomic mass is 9.73. The maximum atomic E-state index is 12.8. The molecule has 152 valence electrons. The summed E-state index contributed by atoms with van der Waals surface area (Å²) in [5, 5.41) is 15.5. The average Bonchev–Trinajstić information content (AvgIpc) is 3.26. The molecule has 0 atom stereocenters. The van der Waals surface area contributed by atoms with E-state index in [1.807, 2.05) is 18.2 Å². The molecule has 6 nitrogen and oxygen atoms in total. The number of anilines is 1. The second kappa shape index (κ2) is 7.19. The highest BCUT2D eigenvalue weighted by Crippen LogP contribution is 2.45. The molecule has 3 aliphatic rings. The smallest absolute Gasteiger partial charge is 0.235 e. The molecule has 3 aliphatic heterocycles. The van der Waals surface area contributed by atoms with Crippen molar-refractivity contribution in [2.75, 3.05) is 31.6 Å². The number of nitrogens with one attached hydrogen (secondary N) is 2. The molecule has 6 heteroatoms. The Balaban J connectivity index is 1.19. The summed E-state index contributed by atoms with van der Waals surface area (Å²) < 4.78 is 5.98. The van der Waals surface area contributed by atoms with E-state index in [1.165, 1.54) is 11.1 Å². The molecule has 3 heterocycles. The highest BCUT2D eigenvalue weighted by Gasteiger charge is 2.48. The summed E-state index contributed by atoms with van der Waals surface area (Å²) >= 11 is 0. The van der Waals surface area contributed by atoms with E-state index in [0.29, 0.717) is 12.2 Å². The van der Waals surface area contributed by atoms with Gasteiger partial charge in [-0.25, -0.2) is 0 Å². The molecule has 1 spiro atoms. The molecule has 1 saturated heterocycles. The van der Waals surface area contributed by atoms with E-state index >= 15 is 0 Å². The van der Waals surface area contributed by atoms with Crippen molar-refractivity contribution >= 4 is 17.3 Å².